The predicted molar refractivity (Wildman–Crippen MR) is 75.7 cm³/mol. The Balaban J connectivity index is 2.12. The van der Waals surface area contributed by atoms with Gasteiger partial charge in [0.2, 0.25) is 0 Å². The van der Waals surface area contributed by atoms with Crippen LogP contribution in [0.4, 0.5) is 0 Å². The molecule has 0 radical (unpaired) electrons. The van der Waals surface area contributed by atoms with E-state index in [9.17, 15) is 5.11 Å². The van der Waals surface area contributed by atoms with E-state index in [4.69, 9.17) is 5.73 Å². The standard InChI is InChI=1S/C16H25NO/c1-15(2,3)14-6-4-12(5-7-14)13-8-9-16(18,10-13)11-17/h4-7,13,18H,8-11,17H2,1-3H3. The largest absolute Gasteiger partial charge is 0.389 e. The molecular formula is C16H25NO. The second-order valence-corrected chi connectivity index (χ2v) is 6.74. The zero-order valence-corrected chi connectivity index (χ0v) is 11.7. The summed E-state index contributed by atoms with van der Waals surface area (Å²) in [7, 11) is 0. The highest BCUT2D eigenvalue weighted by atomic mass is 16.3. The molecule has 2 unspecified atom stereocenters. The molecule has 2 nitrogen and oxygen atoms in total. The lowest BCUT2D eigenvalue weighted by Gasteiger charge is -2.22. The van der Waals surface area contributed by atoms with Crippen LogP contribution in [0.1, 0.15) is 57.1 Å². The summed E-state index contributed by atoms with van der Waals surface area (Å²) in [6.07, 6.45) is 2.68. The highest BCUT2D eigenvalue weighted by Crippen LogP contribution is 2.40. The van der Waals surface area contributed by atoms with E-state index in [0.717, 1.165) is 19.3 Å². The fourth-order valence-corrected chi connectivity index (χ4v) is 2.83. The topological polar surface area (TPSA) is 46.2 Å². The first-order chi connectivity index (χ1) is 8.34. The summed E-state index contributed by atoms with van der Waals surface area (Å²) in [5.41, 5.74) is 7.91. The van der Waals surface area contributed by atoms with Gasteiger partial charge in [-0.3, -0.25) is 0 Å². The molecule has 0 spiro atoms. The molecular weight excluding hydrogens is 222 g/mol. The molecule has 18 heavy (non-hydrogen) atoms. The van der Waals surface area contributed by atoms with Crippen molar-refractivity contribution in [2.45, 2.75) is 57.0 Å². The number of aliphatic hydroxyl groups is 1. The fourth-order valence-electron chi connectivity index (χ4n) is 2.83. The van der Waals surface area contributed by atoms with E-state index in [-0.39, 0.29) is 5.41 Å². The maximum Gasteiger partial charge on any atom is 0.0775 e. The smallest absolute Gasteiger partial charge is 0.0775 e. The lowest BCUT2D eigenvalue weighted by atomic mass is 9.85. The summed E-state index contributed by atoms with van der Waals surface area (Å²) >= 11 is 0. The molecule has 0 aromatic heterocycles. The molecule has 3 N–H and O–H groups in total. The number of benzene rings is 1. The third kappa shape index (κ3) is 2.76. The summed E-state index contributed by atoms with van der Waals surface area (Å²) in [6.45, 7) is 7.06. The van der Waals surface area contributed by atoms with Gasteiger partial charge in [0.05, 0.1) is 5.60 Å². The van der Waals surface area contributed by atoms with Crippen LogP contribution < -0.4 is 5.73 Å². The van der Waals surface area contributed by atoms with Crippen molar-refractivity contribution in [3.63, 3.8) is 0 Å². The van der Waals surface area contributed by atoms with Gasteiger partial charge in [-0.1, -0.05) is 45.0 Å². The van der Waals surface area contributed by atoms with E-state index in [0.29, 0.717) is 12.5 Å². The molecule has 0 amide bonds. The van der Waals surface area contributed by atoms with Gasteiger partial charge >= 0.3 is 0 Å². The first kappa shape index (κ1) is 13.6. The minimum atomic E-state index is -0.632. The highest BCUT2D eigenvalue weighted by molar-refractivity contribution is 5.30. The Morgan fingerprint density at radius 3 is 2.33 bits per heavy atom. The number of rotatable bonds is 2. The molecule has 0 saturated heterocycles. The molecule has 0 heterocycles. The quantitative estimate of drug-likeness (QED) is 0.844. The van der Waals surface area contributed by atoms with E-state index >= 15 is 0 Å². The second-order valence-electron chi connectivity index (χ2n) is 6.74. The molecule has 1 aliphatic rings. The van der Waals surface area contributed by atoms with Gasteiger partial charge in [-0.15, -0.1) is 0 Å². The van der Waals surface area contributed by atoms with Crippen molar-refractivity contribution in [1.82, 2.24) is 0 Å². The Bertz CT molecular complexity index is 404. The average molecular weight is 247 g/mol. The maximum atomic E-state index is 10.2. The maximum absolute atomic E-state index is 10.2. The Kier molecular flexibility index (Phi) is 3.52. The van der Waals surface area contributed by atoms with Crippen LogP contribution in [0.3, 0.4) is 0 Å². The van der Waals surface area contributed by atoms with Crippen molar-refractivity contribution in [2.24, 2.45) is 5.73 Å². The minimum absolute atomic E-state index is 0.201. The average Bonchev–Trinajstić information content (AvgIpc) is 2.72. The molecule has 1 fully saturated rings. The molecule has 2 atom stereocenters. The Morgan fingerprint density at radius 2 is 1.89 bits per heavy atom. The van der Waals surface area contributed by atoms with Crippen LogP contribution in [0.5, 0.6) is 0 Å². The Hall–Kier alpha value is -0.860. The second kappa shape index (κ2) is 4.67. The van der Waals surface area contributed by atoms with E-state index in [1.165, 1.54) is 11.1 Å². The van der Waals surface area contributed by atoms with E-state index < -0.39 is 5.60 Å². The van der Waals surface area contributed by atoms with E-state index in [1.54, 1.807) is 0 Å². The van der Waals surface area contributed by atoms with Crippen LogP contribution in [-0.4, -0.2) is 17.3 Å². The van der Waals surface area contributed by atoms with Crippen LogP contribution in [-0.2, 0) is 5.41 Å². The van der Waals surface area contributed by atoms with Crippen LogP contribution in [0.2, 0.25) is 0 Å². The monoisotopic (exact) mass is 247 g/mol. The van der Waals surface area contributed by atoms with Crippen molar-refractivity contribution in [1.29, 1.82) is 0 Å². The van der Waals surface area contributed by atoms with Crippen LogP contribution in [0.25, 0.3) is 0 Å². The first-order valence-electron chi connectivity index (χ1n) is 6.87. The van der Waals surface area contributed by atoms with Crippen LogP contribution in [0, 0.1) is 0 Å². The lowest BCUT2D eigenvalue weighted by Crippen LogP contribution is -2.34. The van der Waals surface area contributed by atoms with Gasteiger partial charge < -0.3 is 10.8 Å². The molecule has 1 saturated carbocycles. The molecule has 1 aliphatic carbocycles. The summed E-state index contributed by atoms with van der Waals surface area (Å²) in [5.74, 6) is 0.465. The number of nitrogens with two attached hydrogens (primary N) is 1. The van der Waals surface area contributed by atoms with Crippen molar-refractivity contribution in [2.75, 3.05) is 6.54 Å². The molecule has 0 bridgehead atoms. The van der Waals surface area contributed by atoms with E-state index in [2.05, 4.69) is 45.0 Å². The molecule has 100 valence electrons. The molecule has 2 heteroatoms. The normalized spacial score (nSPS) is 28.6. The lowest BCUT2D eigenvalue weighted by molar-refractivity contribution is 0.0554. The van der Waals surface area contributed by atoms with Crippen molar-refractivity contribution >= 4 is 0 Å². The van der Waals surface area contributed by atoms with Gasteiger partial charge in [-0.25, -0.2) is 0 Å². The summed E-state index contributed by atoms with van der Waals surface area (Å²) in [6, 6.07) is 8.87. The molecule has 0 aliphatic heterocycles. The summed E-state index contributed by atoms with van der Waals surface area (Å²) in [4.78, 5) is 0. The molecule has 1 aromatic rings. The van der Waals surface area contributed by atoms with E-state index in [1.807, 2.05) is 0 Å². The van der Waals surface area contributed by atoms with Crippen molar-refractivity contribution in [3.8, 4) is 0 Å². The minimum Gasteiger partial charge on any atom is -0.389 e. The fraction of sp³-hybridized carbons (Fsp3) is 0.625. The highest BCUT2D eigenvalue weighted by Gasteiger charge is 2.36. The number of hydrogen-bond acceptors (Lipinski definition) is 2. The predicted octanol–water partition coefficient (Wildman–Crippen LogP) is 2.94. The first-order valence-corrected chi connectivity index (χ1v) is 6.87. The van der Waals surface area contributed by atoms with Gasteiger partial charge in [0.1, 0.15) is 0 Å². The van der Waals surface area contributed by atoms with Gasteiger partial charge in [0.15, 0.2) is 0 Å². The Labute approximate surface area is 110 Å². The SMILES string of the molecule is CC(C)(C)c1ccc(C2CCC(O)(CN)C2)cc1. The van der Waals surface area contributed by atoms with Crippen molar-refractivity contribution < 1.29 is 5.11 Å². The third-order valence-electron chi connectivity index (χ3n) is 4.21. The van der Waals surface area contributed by atoms with Crippen molar-refractivity contribution in [3.05, 3.63) is 35.4 Å². The zero-order valence-electron chi connectivity index (χ0n) is 11.7. The van der Waals surface area contributed by atoms with Gasteiger partial charge in [-0.05, 0) is 41.7 Å². The summed E-state index contributed by atoms with van der Waals surface area (Å²) < 4.78 is 0. The number of hydrogen-bond donors (Lipinski definition) is 2. The Morgan fingerprint density at radius 1 is 1.28 bits per heavy atom. The van der Waals surface area contributed by atoms with Crippen LogP contribution in [0.15, 0.2) is 24.3 Å². The van der Waals surface area contributed by atoms with Crippen LogP contribution >= 0.6 is 0 Å². The molecule has 1 aromatic carbocycles. The molecule has 2 rings (SSSR count). The third-order valence-corrected chi connectivity index (χ3v) is 4.21. The van der Waals surface area contributed by atoms with Gasteiger partial charge in [0, 0.05) is 6.54 Å². The van der Waals surface area contributed by atoms with Gasteiger partial charge in [-0.2, -0.15) is 0 Å². The van der Waals surface area contributed by atoms with Gasteiger partial charge in [0.25, 0.3) is 0 Å². The summed E-state index contributed by atoms with van der Waals surface area (Å²) in [5, 5.41) is 10.2. The zero-order chi connectivity index (χ0) is 13.4.